The van der Waals surface area contributed by atoms with E-state index < -0.39 is 5.66 Å². The minimum absolute atomic E-state index is 0.260. The molecule has 5 nitrogen and oxygen atoms in total. The summed E-state index contributed by atoms with van der Waals surface area (Å²) in [6.45, 7) is 4.82. The lowest BCUT2D eigenvalue weighted by molar-refractivity contribution is -0.938. The van der Waals surface area contributed by atoms with Gasteiger partial charge < -0.3 is 9.64 Å². The number of para-hydroxylation sites is 2. The molecule has 1 unspecified atom stereocenters. The van der Waals surface area contributed by atoms with Gasteiger partial charge in [0.05, 0.1) is 23.1 Å². The quantitative estimate of drug-likeness (QED) is 0.167. The molecular formula is C50H32N4O+2. The minimum Gasteiger partial charge on any atom is -0.404 e. The van der Waals surface area contributed by atoms with Gasteiger partial charge in [-0.05, 0) is 69.8 Å². The smallest absolute Gasteiger partial charge is 0.379 e. The van der Waals surface area contributed by atoms with Crippen LogP contribution in [0.5, 0.6) is 11.6 Å². The highest BCUT2D eigenvalue weighted by atomic mass is 16.5. The normalized spacial score (nSPS) is 17.6. The maximum atomic E-state index is 7.21. The highest BCUT2D eigenvalue weighted by Gasteiger charge is 2.73. The minimum atomic E-state index is -0.753. The van der Waals surface area contributed by atoms with E-state index in [1.165, 1.54) is 72.3 Å². The van der Waals surface area contributed by atoms with Crippen molar-refractivity contribution in [3.8, 4) is 51.1 Å². The predicted molar refractivity (Wildman–Crippen MR) is 216 cm³/mol. The molecule has 0 amide bonds. The summed E-state index contributed by atoms with van der Waals surface area (Å²) < 4.78 is 15.0. The van der Waals surface area contributed by atoms with Gasteiger partial charge in [-0.15, -0.1) is 9.13 Å². The second-order valence-corrected chi connectivity index (χ2v) is 16.2. The molecule has 0 aliphatic carbocycles. The van der Waals surface area contributed by atoms with E-state index in [2.05, 4.69) is 190 Å². The SMILES string of the molecule is CC1(C)c2ccccc2N2c3cccc4c3C35c6c2c1cc1c2ccccc2n(c61)-c1cc(-c2ccccc2)cc([n+]13)-c1cc(-c2ccccc2)cc([n+]15)O4. The average Bonchev–Trinajstić information content (AvgIpc) is 3.72. The van der Waals surface area contributed by atoms with E-state index >= 15 is 0 Å². The zero-order valence-corrected chi connectivity index (χ0v) is 30.2. The van der Waals surface area contributed by atoms with Crippen LogP contribution in [-0.4, -0.2) is 4.57 Å². The molecule has 0 fully saturated rings. The summed E-state index contributed by atoms with van der Waals surface area (Å²) in [5, 5.41) is 2.55. The third-order valence-electron chi connectivity index (χ3n) is 13.2. The molecule has 55 heavy (non-hydrogen) atoms. The molecule has 0 saturated carbocycles. The van der Waals surface area contributed by atoms with Crippen LogP contribution in [0.25, 0.3) is 61.3 Å². The van der Waals surface area contributed by atoms with Crippen molar-refractivity contribution in [2.75, 3.05) is 4.90 Å². The van der Waals surface area contributed by atoms with Crippen LogP contribution in [0.1, 0.15) is 36.1 Å². The van der Waals surface area contributed by atoms with Gasteiger partial charge in [0, 0.05) is 34.4 Å². The Balaban J connectivity index is 1.27. The van der Waals surface area contributed by atoms with Crippen molar-refractivity contribution < 1.29 is 13.9 Å². The molecule has 5 aliphatic rings. The molecule has 0 bridgehead atoms. The summed E-state index contributed by atoms with van der Waals surface area (Å²) in [7, 11) is 0. The summed E-state index contributed by atoms with van der Waals surface area (Å²) in [6, 6.07) is 58.3. The van der Waals surface area contributed by atoms with Gasteiger partial charge >= 0.3 is 11.5 Å². The zero-order valence-electron chi connectivity index (χ0n) is 30.2. The standard InChI is InChI=1S/C50H32N4O/c1-49(2)35-19-10-12-21-38(35)51-39-22-13-23-42-45(39)50-46-47-34(28-36(49)48(46)51)33-18-9-11-20-37(33)52(47)43-26-31(29-14-5-3-6-15-29)24-40(53(43)50)41-25-32(27-44(55-42)54(41)50)30-16-7-4-8-17-30/h3-28H,1-2H3/q+2. The number of pyridine rings is 2. The van der Waals surface area contributed by atoms with Crippen molar-refractivity contribution in [3.63, 3.8) is 0 Å². The first-order valence-electron chi connectivity index (χ1n) is 19.2. The number of fused-ring (bicyclic) bond motifs is 8. The number of rotatable bonds is 2. The van der Waals surface area contributed by atoms with E-state index in [0.717, 1.165) is 40.0 Å². The molecular weight excluding hydrogens is 673 g/mol. The van der Waals surface area contributed by atoms with Crippen LogP contribution in [0.2, 0.25) is 0 Å². The Labute approximate surface area is 317 Å². The number of hydrogen-bond donors (Lipinski definition) is 0. The van der Waals surface area contributed by atoms with Crippen molar-refractivity contribution >= 4 is 38.9 Å². The fourth-order valence-corrected chi connectivity index (χ4v) is 11.1. The van der Waals surface area contributed by atoms with Crippen molar-refractivity contribution in [1.29, 1.82) is 0 Å². The lowest BCUT2D eigenvalue weighted by Crippen LogP contribution is -2.75. The van der Waals surface area contributed by atoms with Gasteiger partial charge in [0.15, 0.2) is 11.3 Å². The molecule has 0 N–H and O–H groups in total. The van der Waals surface area contributed by atoms with Crippen LogP contribution in [0.15, 0.2) is 158 Å². The molecule has 0 saturated heterocycles. The van der Waals surface area contributed by atoms with Crippen LogP contribution in [0, 0.1) is 0 Å². The number of nitrogens with zero attached hydrogens (tertiary/aromatic N) is 4. The Kier molecular flexibility index (Phi) is 4.77. The molecule has 0 radical (unpaired) electrons. The van der Waals surface area contributed by atoms with E-state index in [1.807, 2.05) is 0 Å². The first-order chi connectivity index (χ1) is 27.0. The number of ether oxygens (including phenoxy) is 1. The van der Waals surface area contributed by atoms with E-state index in [0.29, 0.717) is 0 Å². The summed E-state index contributed by atoms with van der Waals surface area (Å²) in [5.74, 6) is 2.89. The fourth-order valence-electron chi connectivity index (χ4n) is 11.1. The topological polar surface area (TPSA) is 25.2 Å². The molecule has 8 heterocycles. The van der Waals surface area contributed by atoms with E-state index in [-0.39, 0.29) is 5.41 Å². The predicted octanol–water partition coefficient (Wildman–Crippen LogP) is 10.8. The highest BCUT2D eigenvalue weighted by molar-refractivity contribution is 6.14. The van der Waals surface area contributed by atoms with Crippen LogP contribution in [0.4, 0.5) is 17.1 Å². The highest BCUT2D eigenvalue weighted by Crippen LogP contribution is 2.65. The largest absolute Gasteiger partial charge is 0.404 e. The van der Waals surface area contributed by atoms with Gasteiger partial charge in [-0.2, -0.15) is 4.57 Å². The Bertz CT molecular complexity index is 3270. The number of benzene rings is 6. The third kappa shape index (κ3) is 3.04. The average molecular weight is 705 g/mol. The van der Waals surface area contributed by atoms with E-state index in [1.54, 1.807) is 0 Å². The fraction of sp³-hybridized carbons (Fsp3) is 0.0800. The monoisotopic (exact) mass is 704 g/mol. The van der Waals surface area contributed by atoms with Gasteiger partial charge in [0.1, 0.15) is 16.6 Å². The first kappa shape index (κ1) is 28.5. The maximum Gasteiger partial charge on any atom is 0.379 e. The molecule has 1 spiro atoms. The summed E-state index contributed by atoms with van der Waals surface area (Å²) in [4.78, 5) is 2.56. The van der Waals surface area contributed by atoms with Gasteiger partial charge in [0.2, 0.25) is 5.69 Å². The number of aromatic nitrogens is 3. The molecule has 9 aromatic rings. The van der Waals surface area contributed by atoms with Crippen molar-refractivity contribution in [1.82, 2.24) is 4.57 Å². The van der Waals surface area contributed by atoms with Gasteiger partial charge in [-0.1, -0.05) is 111 Å². The van der Waals surface area contributed by atoms with Gasteiger partial charge in [-0.25, -0.2) is 0 Å². The molecule has 5 aliphatic heterocycles. The Morgan fingerprint density at radius 3 is 2.00 bits per heavy atom. The van der Waals surface area contributed by atoms with Gasteiger partial charge in [0.25, 0.3) is 11.5 Å². The molecule has 14 rings (SSSR count). The van der Waals surface area contributed by atoms with E-state index in [4.69, 9.17) is 4.74 Å². The summed E-state index contributed by atoms with van der Waals surface area (Å²) in [5.41, 5.74) is 17.3. The Hall–Kier alpha value is -6.98. The zero-order chi connectivity index (χ0) is 35.9. The van der Waals surface area contributed by atoms with Crippen LogP contribution in [0.3, 0.4) is 0 Å². The van der Waals surface area contributed by atoms with Crippen LogP contribution in [-0.2, 0) is 11.1 Å². The Morgan fingerprint density at radius 1 is 0.527 bits per heavy atom. The lowest BCUT2D eigenvalue weighted by Gasteiger charge is -2.48. The van der Waals surface area contributed by atoms with Crippen molar-refractivity contribution in [2.45, 2.75) is 24.9 Å². The molecule has 5 heteroatoms. The second-order valence-electron chi connectivity index (χ2n) is 16.2. The van der Waals surface area contributed by atoms with Gasteiger partial charge in [-0.3, -0.25) is 0 Å². The molecule has 1 atom stereocenters. The molecule has 256 valence electrons. The summed E-state index contributed by atoms with van der Waals surface area (Å²) >= 11 is 0. The maximum absolute atomic E-state index is 7.21. The van der Waals surface area contributed by atoms with Crippen LogP contribution >= 0.6 is 0 Å². The number of hydrogen-bond acceptors (Lipinski definition) is 2. The first-order valence-corrected chi connectivity index (χ1v) is 19.2. The lowest BCUT2D eigenvalue weighted by atomic mass is 9.68. The summed E-state index contributed by atoms with van der Waals surface area (Å²) in [6.07, 6.45) is 0. The van der Waals surface area contributed by atoms with Crippen LogP contribution < -0.4 is 18.8 Å². The Morgan fingerprint density at radius 2 is 1.20 bits per heavy atom. The van der Waals surface area contributed by atoms with Crippen molar-refractivity contribution in [3.05, 3.63) is 180 Å². The number of anilines is 3. The second kappa shape index (κ2) is 9.20. The van der Waals surface area contributed by atoms with E-state index in [9.17, 15) is 0 Å². The molecule has 6 aromatic carbocycles. The molecule has 3 aromatic heterocycles. The van der Waals surface area contributed by atoms with Crippen molar-refractivity contribution in [2.24, 2.45) is 0 Å². The third-order valence-corrected chi connectivity index (χ3v) is 13.2.